The standard InChI is InChI=1S/C10H28N4Si/c1-8-9(2)14(13-10(3,4)5)15(11-6)12-7/h9,11-13,15H,8H2,1-7H3. The minimum Gasteiger partial charge on any atom is -0.318 e. The van der Waals surface area contributed by atoms with Crippen LogP contribution in [0.4, 0.5) is 0 Å². The molecule has 1 atom stereocenters. The van der Waals surface area contributed by atoms with Gasteiger partial charge in [-0.3, -0.25) is 5.43 Å². The van der Waals surface area contributed by atoms with Crippen LogP contribution in [0.5, 0.6) is 0 Å². The van der Waals surface area contributed by atoms with E-state index in [9.17, 15) is 0 Å². The molecule has 92 valence electrons. The van der Waals surface area contributed by atoms with Crippen LogP contribution in [0.3, 0.4) is 0 Å². The number of nitrogens with zero attached hydrogens (tertiary/aromatic N) is 1. The molecule has 0 bridgehead atoms. The molecule has 0 fully saturated rings. The zero-order chi connectivity index (χ0) is 12.1. The van der Waals surface area contributed by atoms with Gasteiger partial charge >= 0.3 is 0 Å². The number of hydrazine groups is 1. The van der Waals surface area contributed by atoms with Crippen LogP contribution in [0.15, 0.2) is 0 Å². The van der Waals surface area contributed by atoms with Crippen molar-refractivity contribution >= 4 is 9.28 Å². The van der Waals surface area contributed by atoms with Gasteiger partial charge in [-0.2, -0.15) is 0 Å². The van der Waals surface area contributed by atoms with Crippen molar-refractivity contribution < 1.29 is 0 Å². The maximum atomic E-state index is 3.58. The Morgan fingerprint density at radius 1 is 1.20 bits per heavy atom. The summed E-state index contributed by atoms with van der Waals surface area (Å²) in [7, 11) is 2.78. The van der Waals surface area contributed by atoms with Crippen molar-refractivity contribution in [2.24, 2.45) is 0 Å². The van der Waals surface area contributed by atoms with Crippen LogP contribution >= 0.6 is 0 Å². The quantitative estimate of drug-likeness (QED) is 0.462. The molecule has 0 aliphatic heterocycles. The van der Waals surface area contributed by atoms with Crippen LogP contribution in [0, 0.1) is 0 Å². The predicted molar refractivity (Wildman–Crippen MR) is 69.7 cm³/mol. The lowest BCUT2D eigenvalue weighted by atomic mass is 10.1. The molecular weight excluding hydrogens is 204 g/mol. The lowest BCUT2D eigenvalue weighted by Gasteiger charge is -2.39. The van der Waals surface area contributed by atoms with Crippen LogP contribution in [0.2, 0.25) is 0 Å². The Labute approximate surface area is 96.6 Å². The normalized spacial score (nSPS) is 15.0. The molecule has 3 N–H and O–H groups in total. The third kappa shape index (κ3) is 5.63. The van der Waals surface area contributed by atoms with Gasteiger partial charge in [-0.15, -0.1) is 0 Å². The van der Waals surface area contributed by atoms with E-state index < -0.39 is 9.28 Å². The van der Waals surface area contributed by atoms with E-state index in [1.807, 2.05) is 14.1 Å². The predicted octanol–water partition coefficient (Wildman–Crippen LogP) is 0.546. The minimum atomic E-state index is -1.26. The van der Waals surface area contributed by atoms with Gasteiger partial charge < -0.3 is 9.96 Å². The van der Waals surface area contributed by atoms with Crippen LogP contribution in [-0.4, -0.2) is 39.6 Å². The highest BCUT2D eigenvalue weighted by Crippen LogP contribution is 2.06. The van der Waals surface area contributed by atoms with Gasteiger partial charge in [0.05, 0.1) is 0 Å². The fraction of sp³-hybridized carbons (Fsp3) is 1.00. The molecule has 4 nitrogen and oxygen atoms in total. The van der Waals surface area contributed by atoms with Crippen molar-refractivity contribution in [3.63, 3.8) is 0 Å². The molecule has 0 amide bonds. The summed E-state index contributed by atoms with van der Waals surface area (Å²) < 4.78 is 2.38. The van der Waals surface area contributed by atoms with Gasteiger partial charge in [-0.25, -0.2) is 4.67 Å². The van der Waals surface area contributed by atoms with Gasteiger partial charge in [0, 0.05) is 11.6 Å². The second kappa shape index (κ2) is 6.60. The van der Waals surface area contributed by atoms with Gasteiger partial charge in [0.25, 0.3) is 9.28 Å². The molecule has 0 aliphatic rings. The summed E-state index contributed by atoms with van der Waals surface area (Å²) in [5, 5.41) is 0. The lowest BCUT2D eigenvalue weighted by Crippen LogP contribution is -2.68. The van der Waals surface area contributed by atoms with Crippen molar-refractivity contribution in [1.29, 1.82) is 0 Å². The molecule has 1 unspecified atom stereocenters. The second-order valence-corrected chi connectivity index (χ2v) is 7.52. The van der Waals surface area contributed by atoms with Crippen molar-refractivity contribution in [1.82, 2.24) is 20.1 Å². The average Bonchev–Trinajstić information content (AvgIpc) is 2.15. The number of rotatable bonds is 6. The van der Waals surface area contributed by atoms with Crippen molar-refractivity contribution in [2.75, 3.05) is 14.1 Å². The van der Waals surface area contributed by atoms with E-state index in [1.54, 1.807) is 0 Å². The fourth-order valence-corrected chi connectivity index (χ4v) is 3.52. The van der Waals surface area contributed by atoms with Crippen molar-refractivity contribution in [3.8, 4) is 0 Å². The summed E-state index contributed by atoms with van der Waals surface area (Å²) >= 11 is 0. The van der Waals surface area contributed by atoms with Gasteiger partial charge in [0.1, 0.15) is 0 Å². The summed E-state index contributed by atoms with van der Waals surface area (Å²) in [5.74, 6) is 0. The zero-order valence-electron chi connectivity index (χ0n) is 11.3. The molecule has 0 aromatic rings. The van der Waals surface area contributed by atoms with E-state index in [0.717, 1.165) is 6.42 Å². The Balaban J connectivity index is 4.56. The first-order valence-electron chi connectivity index (χ1n) is 5.76. The SMILES string of the molecule is CCC(C)N(NC(C)(C)C)[SiH](NC)NC. The molecule has 0 aliphatic carbocycles. The Morgan fingerprint density at radius 3 is 1.93 bits per heavy atom. The average molecular weight is 232 g/mol. The fourth-order valence-electron chi connectivity index (χ4n) is 1.44. The second-order valence-electron chi connectivity index (χ2n) is 5.01. The molecule has 0 rings (SSSR count). The van der Waals surface area contributed by atoms with Crippen molar-refractivity contribution in [2.45, 2.75) is 52.6 Å². The largest absolute Gasteiger partial charge is 0.318 e. The molecule has 0 saturated heterocycles. The van der Waals surface area contributed by atoms with Crippen LogP contribution in [0.25, 0.3) is 0 Å². The van der Waals surface area contributed by atoms with Gasteiger partial charge in [-0.05, 0) is 48.2 Å². The summed E-state index contributed by atoms with van der Waals surface area (Å²) in [6, 6.07) is 0.542. The first-order valence-corrected chi connectivity index (χ1v) is 7.43. The van der Waals surface area contributed by atoms with Gasteiger partial charge in [-0.1, -0.05) is 6.92 Å². The first-order chi connectivity index (χ1) is 6.85. The van der Waals surface area contributed by atoms with Crippen LogP contribution < -0.4 is 15.4 Å². The maximum Gasteiger partial charge on any atom is 0.280 e. The highest BCUT2D eigenvalue weighted by atomic mass is 28.3. The van der Waals surface area contributed by atoms with E-state index in [2.05, 4.69) is 54.7 Å². The lowest BCUT2D eigenvalue weighted by molar-refractivity contribution is 0.170. The molecule has 0 heterocycles. The van der Waals surface area contributed by atoms with E-state index in [-0.39, 0.29) is 5.54 Å². The third-order valence-corrected chi connectivity index (χ3v) is 4.64. The van der Waals surface area contributed by atoms with E-state index >= 15 is 0 Å². The summed E-state index contributed by atoms with van der Waals surface area (Å²) in [6.07, 6.45) is 1.15. The summed E-state index contributed by atoms with van der Waals surface area (Å²) in [6.45, 7) is 11.1. The van der Waals surface area contributed by atoms with E-state index in [4.69, 9.17) is 0 Å². The summed E-state index contributed by atoms with van der Waals surface area (Å²) in [4.78, 5) is 6.76. The number of hydrogen-bond acceptors (Lipinski definition) is 4. The van der Waals surface area contributed by atoms with E-state index in [0.29, 0.717) is 6.04 Å². The smallest absolute Gasteiger partial charge is 0.280 e. The molecule has 5 heteroatoms. The number of hydrogen-bond donors (Lipinski definition) is 3. The Bertz CT molecular complexity index is 165. The molecule has 0 saturated carbocycles. The Morgan fingerprint density at radius 2 is 1.67 bits per heavy atom. The van der Waals surface area contributed by atoms with E-state index in [1.165, 1.54) is 0 Å². The molecule has 0 radical (unpaired) electrons. The topological polar surface area (TPSA) is 39.3 Å². The monoisotopic (exact) mass is 232 g/mol. The summed E-state index contributed by atoms with van der Waals surface area (Å²) in [5.41, 5.74) is 3.69. The Hall–Kier alpha value is 0.0569. The first kappa shape index (κ1) is 15.1. The van der Waals surface area contributed by atoms with Gasteiger partial charge in [0.15, 0.2) is 0 Å². The molecule has 15 heavy (non-hydrogen) atoms. The van der Waals surface area contributed by atoms with Crippen LogP contribution in [-0.2, 0) is 0 Å². The maximum absolute atomic E-state index is 3.58. The zero-order valence-corrected chi connectivity index (χ0v) is 12.5. The highest BCUT2D eigenvalue weighted by Gasteiger charge is 2.26. The Kier molecular flexibility index (Phi) is 6.62. The molecule has 0 aromatic carbocycles. The molecule has 0 aromatic heterocycles. The molecule has 0 spiro atoms. The van der Waals surface area contributed by atoms with Crippen LogP contribution in [0.1, 0.15) is 41.0 Å². The van der Waals surface area contributed by atoms with Gasteiger partial charge in [0.2, 0.25) is 0 Å². The molecular formula is C10H28N4Si. The number of nitrogens with one attached hydrogen (secondary N) is 3. The highest BCUT2D eigenvalue weighted by molar-refractivity contribution is 6.49. The van der Waals surface area contributed by atoms with Crippen molar-refractivity contribution in [3.05, 3.63) is 0 Å². The minimum absolute atomic E-state index is 0.113. The third-order valence-electron chi connectivity index (χ3n) is 2.36.